The second-order valence-corrected chi connectivity index (χ2v) is 9.35. The highest BCUT2D eigenvalue weighted by molar-refractivity contribution is 7.90. The number of halogens is 1. The zero-order chi connectivity index (χ0) is 19.6. The van der Waals surface area contributed by atoms with Crippen molar-refractivity contribution >= 4 is 9.84 Å². The molecule has 6 heteroatoms. The van der Waals surface area contributed by atoms with Crippen LogP contribution in [0.4, 0.5) is 4.39 Å². The second kappa shape index (κ2) is 7.98. The topological polar surface area (TPSA) is 55.4 Å². The lowest BCUT2D eigenvalue weighted by Gasteiger charge is -2.20. The van der Waals surface area contributed by atoms with Gasteiger partial charge >= 0.3 is 0 Å². The Balaban J connectivity index is 1.61. The highest BCUT2D eigenvalue weighted by atomic mass is 32.2. The van der Waals surface area contributed by atoms with Crippen molar-refractivity contribution in [2.45, 2.75) is 49.1 Å². The van der Waals surface area contributed by atoms with Gasteiger partial charge < -0.3 is 10.1 Å². The molecular weight excluding hydrogens is 365 g/mol. The van der Waals surface area contributed by atoms with Crippen molar-refractivity contribution in [3.05, 3.63) is 59.4 Å². The number of hydrogen-bond donors (Lipinski definition) is 1. The fourth-order valence-electron chi connectivity index (χ4n) is 3.82. The molecule has 2 aromatic rings. The van der Waals surface area contributed by atoms with Crippen LogP contribution in [0.2, 0.25) is 0 Å². The molecule has 3 rings (SSSR count). The molecule has 0 aromatic heterocycles. The van der Waals surface area contributed by atoms with E-state index in [2.05, 4.69) is 5.32 Å². The van der Waals surface area contributed by atoms with Gasteiger partial charge in [0.15, 0.2) is 21.4 Å². The van der Waals surface area contributed by atoms with Crippen LogP contribution in [0.1, 0.15) is 49.3 Å². The third kappa shape index (κ3) is 4.68. The zero-order valence-corrected chi connectivity index (χ0v) is 16.7. The Morgan fingerprint density at radius 2 is 1.85 bits per heavy atom. The lowest BCUT2D eigenvalue weighted by molar-refractivity contribution is 0.385. The third-order valence-corrected chi connectivity index (χ3v) is 6.50. The minimum absolute atomic E-state index is 0.0433. The quantitative estimate of drug-likeness (QED) is 0.801. The summed E-state index contributed by atoms with van der Waals surface area (Å²) in [7, 11) is -1.70. The van der Waals surface area contributed by atoms with E-state index in [0.29, 0.717) is 16.9 Å². The van der Waals surface area contributed by atoms with Crippen LogP contribution in [0.5, 0.6) is 5.75 Å². The number of hydrogen-bond acceptors (Lipinski definition) is 4. The second-order valence-electron chi connectivity index (χ2n) is 7.33. The van der Waals surface area contributed by atoms with Gasteiger partial charge in [0.25, 0.3) is 0 Å². The van der Waals surface area contributed by atoms with Gasteiger partial charge in [-0.3, -0.25) is 0 Å². The van der Waals surface area contributed by atoms with E-state index < -0.39 is 9.84 Å². The molecule has 27 heavy (non-hydrogen) atoms. The maximum atomic E-state index is 13.9. The molecular formula is C21H26FNO3S. The zero-order valence-electron chi connectivity index (χ0n) is 15.9. The van der Waals surface area contributed by atoms with Crippen molar-refractivity contribution in [3.63, 3.8) is 0 Å². The van der Waals surface area contributed by atoms with Crippen LogP contribution < -0.4 is 10.1 Å². The highest BCUT2D eigenvalue weighted by Crippen LogP contribution is 2.36. The van der Waals surface area contributed by atoms with Crippen LogP contribution >= 0.6 is 0 Å². The Kier molecular flexibility index (Phi) is 5.86. The monoisotopic (exact) mass is 391 g/mol. The van der Waals surface area contributed by atoms with Gasteiger partial charge in [-0.25, -0.2) is 12.8 Å². The van der Waals surface area contributed by atoms with Gasteiger partial charge in [0, 0.05) is 18.3 Å². The first-order valence-corrected chi connectivity index (χ1v) is 11.1. The molecule has 1 N–H and O–H groups in total. The van der Waals surface area contributed by atoms with Crippen molar-refractivity contribution in [2.75, 3.05) is 13.4 Å². The van der Waals surface area contributed by atoms with Crippen LogP contribution in [-0.4, -0.2) is 27.8 Å². The minimum atomic E-state index is -3.16. The molecule has 2 aromatic carbocycles. The summed E-state index contributed by atoms with van der Waals surface area (Å²) < 4.78 is 42.1. The van der Waals surface area contributed by atoms with Crippen molar-refractivity contribution in [3.8, 4) is 5.75 Å². The van der Waals surface area contributed by atoms with Gasteiger partial charge in [-0.05, 0) is 67.5 Å². The first-order valence-electron chi connectivity index (χ1n) is 9.17. The molecule has 0 saturated heterocycles. The fraction of sp³-hybridized carbons (Fsp3) is 0.429. The van der Waals surface area contributed by atoms with Crippen LogP contribution in [0.3, 0.4) is 0 Å². The Bertz CT molecular complexity index is 896. The van der Waals surface area contributed by atoms with Crippen LogP contribution in [0.25, 0.3) is 0 Å². The van der Waals surface area contributed by atoms with Gasteiger partial charge in [0.1, 0.15) is 0 Å². The average molecular weight is 392 g/mol. The Hall–Kier alpha value is -1.92. The standard InChI is InChI=1S/C21H26FNO3S/c1-14(16-7-11-21(26-2)20(22)13-16)23-18-8-4-17(12-18)15-5-9-19(10-6-15)27(3,24)25/h5-7,9-11,13-14,17-18,23H,4,8,12H2,1-3H3/t14-,17?,18+/m1/s1. The van der Waals surface area contributed by atoms with Gasteiger partial charge in [0.05, 0.1) is 12.0 Å². The van der Waals surface area contributed by atoms with E-state index in [1.54, 1.807) is 18.2 Å². The average Bonchev–Trinajstić information content (AvgIpc) is 3.09. The highest BCUT2D eigenvalue weighted by Gasteiger charge is 2.27. The Morgan fingerprint density at radius 3 is 2.44 bits per heavy atom. The van der Waals surface area contributed by atoms with E-state index in [-0.39, 0.29) is 17.6 Å². The first-order chi connectivity index (χ1) is 12.8. The molecule has 1 fully saturated rings. The normalized spacial score (nSPS) is 21.2. The molecule has 1 unspecified atom stereocenters. The lowest BCUT2D eigenvalue weighted by Crippen LogP contribution is -2.29. The number of methoxy groups -OCH3 is 1. The summed E-state index contributed by atoms with van der Waals surface area (Å²) in [5.74, 6) is 0.319. The molecule has 1 aliphatic carbocycles. The summed E-state index contributed by atoms with van der Waals surface area (Å²) in [5, 5.41) is 3.59. The summed E-state index contributed by atoms with van der Waals surface area (Å²) in [6.07, 6.45) is 4.31. The van der Waals surface area contributed by atoms with Crippen LogP contribution in [-0.2, 0) is 9.84 Å². The Morgan fingerprint density at radius 1 is 1.15 bits per heavy atom. The molecule has 0 spiro atoms. The molecule has 0 aliphatic heterocycles. The van der Waals surface area contributed by atoms with E-state index >= 15 is 0 Å². The molecule has 146 valence electrons. The molecule has 4 nitrogen and oxygen atoms in total. The molecule has 0 amide bonds. The summed E-state index contributed by atoms with van der Waals surface area (Å²) in [5.41, 5.74) is 2.07. The van der Waals surface area contributed by atoms with E-state index in [9.17, 15) is 12.8 Å². The van der Waals surface area contributed by atoms with E-state index in [1.807, 2.05) is 25.1 Å². The number of rotatable bonds is 6. The molecule has 0 radical (unpaired) electrons. The van der Waals surface area contributed by atoms with E-state index in [1.165, 1.54) is 25.0 Å². The molecule has 3 atom stereocenters. The lowest BCUT2D eigenvalue weighted by atomic mass is 9.97. The predicted octanol–water partition coefficient (Wildman–Crippen LogP) is 4.22. The number of benzene rings is 2. The molecule has 1 saturated carbocycles. The largest absolute Gasteiger partial charge is 0.494 e. The smallest absolute Gasteiger partial charge is 0.175 e. The Labute approximate surface area is 160 Å². The van der Waals surface area contributed by atoms with Crippen molar-refractivity contribution in [2.24, 2.45) is 0 Å². The third-order valence-electron chi connectivity index (χ3n) is 5.37. The van der Waals surface area contributed by atoms with Crippen molar-refractivity contribution in [1.29, 1.82) is 0 Å². The van der Waals surface area contributed by atoms with Gasteiger partial charge in [-0.1, -0.05) is 18.2 Å². The number of ether oxygens (including phenoxy) is 1. The van der Waals surface area contributed by atoms with E-state index in [4.69, 9.17) is 4.74 Å². The molecule has 1 aliphatic rings. The predicted molar refractivity (Wildman–Crippen MR) is 104 cm³/mol. The maximum Gasteiger partial charge on any atom is 0.175 e. The first kappa shape index (κ1) is 19.8. The van der Waals surface area contributed by atoms with Gasteiger partial charge in [-0.15, -0.1) is 0 Å². The maximum absolute atomic E-state index is 13.9. The summed E-state index contributed by atoms with van der Waals surface area (Å²) >= 11 is 0. The summed E-state index contributed by atoms with van der Waals surface area (Å²) in [6.45, 7) is 2.04. The SMILES string of the molecule is COc1ccc([C@@H](C)N[C@H]2CCC(c3ccc(S(C)(=O)=O)cc3)C2)cc1F. The summed E-state index contributed by atoms with van der Waals surface area (Å²) in [4.78, 5) is 0.356. The van der Waals surface area contributed by atoms with Gasteiger partial charge in [0.2, 0.25) is 0 Å². The van der Waals surface area contributed by atoms with Gasteiger partial charge in [-0.2, -0.15) is 0 Å². The molecule has 0 heterocycles. The number of nitrogens with one attached hydrogen (secondary N) is 1. The van der Waals surface area contributed by atoms with Crippen LogP contribution in [0.15, 0.2) is 47.4 Å². The molecule has 0 bridgehead atoms. The summed E-state index contributed by atoms with van der Waals surface area (Å²) in [6, 6.07) is 12.7. The van der Waals surface area contributed by atoms with Crippen LogP contribution in [0, 0.1) is 5.82 Å². The fourth-order valence-corrected chi connectivity index (χ4v) is 4.46. The van der Waals surface area contributed by atoms with Crippen molar-refractivity contribution < 1.29 is 17.5 Å². The van der Waals surface area contributed by atoms with Crippen molar-refractivity contribution in [1.82, 2.24) is 5.32 Å². The minimum Gasteiger partial charge on any atom is -0.494 e. The number of sulfone groups is 1. The van der Waals surface area contributed by atoms with E-state index in [0.717, 1.165) is 24.8 Å².